The summed E-state index contributed by atoms with van der Waals surface area (Å²) in [7, 11) is 8.26. The van der Waals surface area contributed by atoms with Crippen molar-refractivity contribution in [1.29, 1.82) is 0 Å². The number of likely N-dealkylation sites (N-methyl/N-ethyl adjacent to an activating group) is 1. The zero-order valence-corrected chi connectivity index (χ0v) is 15.6. The summed E-state index contributed by atoms with van der Waals surface area (Å²) in [6, 6.07) is 12.9. The number of benzene rings is 2. The summed E-state index contributed by atoms with van der Waals surface area (Å²) in [6.07, 6.45) is -0.0433. The van der Waals surface area contributed by atoms with Crippen molar-refractivity contribution in [2.45, 2.75) is 13.0 Å². The molecule has 0 bridgehead atoms. The third kappa shape index (κ3) is 4.69. The van der Waals surface area contributed by atoms with E-state index >= 15 is 0 Å². The Morgan fingerprint density at radius 3 is 2.29 bits per heavy atom. The third-order valence-electron chi connectivity index (χ3n) is 4.08. The Morgan fingerprint density at radius 2 is 1.67 bits per heavy atom. The topological polar surface area (TPSA) is 24.9 Å². The highest BCUT2D eigenvalue weighted by Crippen LogP contribution is 2.33. The maximum absolute atomic E-state index is 5.99. The van der Waals surface area contributed by atoms with Gasteiger partial charge in [-0.3, -0.25) is 0 Å². The summed E-state index contributed by atoms with van der Waals surface area (Å²) in [5.41, 5.74) is 2.42. The van der Waals surface area contributed by atoms with Crippen LogP contribution in [0.4, 0.5) is 5.69 Å². The highest BCUT2D eigenvalue weighted by atomic mass is 16.5. The van der Waals surface area contributed by atoms with Gasteiger partial charge >= 0.3 is 0 Å². The Bertz CT molecular complexity index is 641. The van der Waals surface area contributed by atoms with Crippen LogP contribution in [0.2, 0.25) is 0 Å². The lowest BCUT2D eigenvalue weighted by atomic mass is 9.98. The molecule has 0 amide bonds. The summed E-state index contributed by atoms with van der Waals surface area (Å²) in [5, 5.41) is 2.48. The Balaban J connectivity index is 2.28. The summed E-state index contributed by atoms with van der Waals surface area (Å²) < 4.78 is 11.9. The molecule has 1 unspecified atom stereocenters. The number of fused-ring (bicyclic) bond motifs is 1. The molecule has 0 aliphatic heterocycles. The fraction of sp³-hybridized carbons (Fsp3) is 0.500. The second-order valence-corrected chi connectivity index (χ2v) is 6.44. The van der Waals surface area contributed by atoms with Gasteiger partial charge < -0.3 is 19.3 Å². The van der Waals surface area contributed by atoms with E-state index < -0.39 is 0 Å². The summed E-state index contributed by atoms with van der Waals surface area (Å²) >= 11 is 0. The first kappa shape index (κ1) is 18.7. The molecule has 132 valence electrons. The van der Waals surface area contributed by atoms with Gasteiger partial charge in [0.15, 0.2) is 0 Å². The molecule has 0 aliphatic carbocycles. The van der Waals surface area contributed by atoms with Crippen molar-refractivity contribution < 1.29 is 9.47 Å². The predicted octanol–water partition coefficient (Wildman–Crippen LogP) is 3.56. The molecular weight excluding hydrogens is 300 g/mol. The number of rotatable bonds is 9. The van der Waals surface area contributed by atoms with Crippen molar-refractivity contribution >= 4 is 16.5 Å². The Kier molecular flexibility index (Phi) is 7.03. The van der Waals surface area contributed by atoms with E-state index in [4.69, 9.17) is 9.47 Å². The van der Waals surface area contributed by atoms with Crippen molar-refractivity contribution in [2.24, 2.45) is 0 Å². The molecule has 0 N–H and O–H groups in total. The molecule has 2 rings (SSSR count). The molecule has 4 nitrogen and oxygen atoms in total. The molecule has 0 spiro atoms. The summed E-state index contributed by atoms with van der Waals surface area (Å²) in [6.45, 7) is 4.91. The van der Waals surface area contributed by atoms with Crippen molar-refractivity contribution in [1.82, 2.24) is 4.90 Å². The van der Waals surface area contributed by atoms with Crippen LogP contribution in [0.1, 0.15) is 18.6 Å². The molecule has 0 fully saturated rings. The minimum absolute atomic E-state index is 0.0433. The SMILES string of the molecule is CCOC(COCCN(C)C)c1ccc(N(C)C)c2ccccc12. The van der Waals surface area contributed by atoms with Crippen LogP contribution in [-0.4, -0.2) is 59.5 Å². The van der Waals surface area contributed by atoms with E-state index in [-0.39, 0.29) is 6.10 Å². The van der Waals surface area contributed by atoms with Crippen LogP contribution in [0.25, 0.3) is 10.8 Å². The van der Waals surface area contributed by atoms with Crippen LogP contribution < -0.4 is 4.90 Å². The first-order chi connectivity index (χ1) is 11.5. The van der Waals surface area contributed by atoms with Crippen molar-refractivity contribution in [2.75, 3.05) is 59.5 Å². The smallest absolute Gasteiger partial charge is 0.106 e. The zero-order chi connectivity index (χ0) is 17.5. The molecule has 0 aromatic heterocycles. The molecule has 24 heavy (non-hydrogen) atoms. The van der Waals surface area contributed by atoms with E-state index in [0.717, 1.165) is 6.54 Å². The normalized spacial score (nSPS) is 12.8. The van der Waals surface area contributed by atoms with Crippen LogP contribution in [0.5, 0.6) is 0 Å². The van der Waals surface area contributed by atoms with Gasteiger partial charge in [-0.2, -0.15) is 0 Å². The first-order valence-electron chi connectivity index (χ1n) is 8.57. The van der Waals surface area contributed by atoms with Crippen molar-refractivity contribution in [3.8, 4) is 0 Å². The van der Waals surface area contributed by atoms with Gasteiger partial charge in [-0.05, 0) is 38.0 Å². The van der Waals surface area contributed by atoms with Crippen LogP contribution in [0.3, 0.4) is 0 Å². The maximum atomic E-state index is 5.99. The second kappa shape index (κ2) is 9.02. The molecule has 0 aliphatic rings. The van der Waals surface area contributed by atoms with Gasteiger partial charge in [0.25, 0.3) is 0 Å². The molecule has 2 aromatic rings. The first-order valence-corrected chi connectivity index (χ1v) is 8.57. The minimum atomic E-state index is -0.0433. The highest BCUT2D eigenvalue weighted by molar-refractivity contribution is 5.96. The van der Waals surface area contributed by atoms with E-state index in [2.05, 4.69) is 74.4 Å². The van der Waals surface area contributed by atoms with Crippen molar-refractivity contribution in [3.63, 3.8) is 0 Å². The van der Waals surface area contributed by atoms with Gasteiger partial charge in [0.05, 0.1) is 13.2 Å². The van der Waals surface area contributed by atoms with Gasteiger partial charge in [0.2, 0.25) is 0 Å². The van der Waals surface area contributed by atoms with Gasteiger partial charge in [0.1, 0.15) is 6.10 Å². The monoisotopic (exact) mass is 330 g/mol. The lowest BCUT2D eigenvalue weighted by molar-refractivity contribution is -0.0149. The third-order valence-corrected chi connectivity index (χ3v) is 4.08. The number of hydrogen-bond donors (Lipinski definition) is 0. The molecule has 0 saturated carbocycles. The fourth-order valence-corrected chi connectivity index (χ4v) is 2.84. The highest BCUT2D eigenvalue weighted by Gasteiger charge is 2.17. The quantitative estimate of drug-likeness (QED) is 0.656. The molecule has 1 atom stereocenters. The van der Waals surface area contributed by atoms with Crippen LogP contribution in [-0.2, 0) is 9.47 Å². The Morgan fingerprint density at radius 1 is 0.958 bits per heavy atom. The van der Waals surface area contributed by atoms with Crippen LogP contribution in [0, 0.1) is 0 Å². The van der Waals surface area contributed by atoms with Gasteiger partial charge in [-0.1, -0.05) is 30.3 Å². The largest absolute Gasteiger partial charge is 0.377 e. The average Bonchev–Trinajstić information content (AvgIpc) is 2.56. The van der Waals surface area contributed by atoms with Crippen LogP contribution >= 0.6 is 0 Å². The number of ether oxygens (including phenoxy) is 2. The van der Waals surface area contributed by atoms with E-state index in [1.54, 1.807) is 0 Å². The minimum Gasteiger partial charge on any atom is -0.377 e. The van der Waals surface area contributed by atoms with Gasteiger partial charge in [0, 0.05) is 38.3 Å². The summed E-state index contributed by atoms with van der Waals surface area (Å²) in [5.74, 6) is 0. The molecule has 0 radical (unpaired) electrons. The average molecular weight is 330 g/mol. The van der Waals surface area contributed by atoms with Crippen LogP contribution in [0.15, 0.2) is 36.4 Å². The van der Waals surface area contributed by atoms with E-state index in [9.17, 15) is 0 Å². The molecule has 0 heterocycles. The van der Waals surface area contributed by atoms with E-state index in [1.807, 2.05) is 6.92 Å². The molecule has 0 saturated heterocycles. The van der Waals surface area contributed by atoms with Gasteiger partial charge in [-0.15, -0.1) is 0 Å². The van der Waals surface area contributed by atoms with Gasteiger partial charge in [-0.25, -0.2) is 0 Å². The predicted molar refractivity (Wildman–Crippen MR) is 102 cm³/mol. The maximum Gasteiger partial charge on any atom is 0.106 e. The standard InChI is InChI=1S/C20H30N2O2/c1-6-24-20(15-23-14-13-21(2)3)18-11-12-19(22(4)5)17-10-8-7-9-16(17)18/h7-12,20H,6,13-15H2,1-5H3. The van der Waals surface area contributed by atoms with E-state index in [1.165, 1.54) is 22.0 Å². The zero-order valence-electron chi connectivity index (χ0n) is 15.6. The fourth-order valence-electron chi connectivity index (χ4n) is 2.84. The second-order valence-electron chi connectivity index (χ2n) is 6.44. The number of anilines is 1. The van der Waals surface area contributed by atoms with E-state index in [0.29, 0.717) is 19.8 Å². The molecule has 2 aromatic carbocycles. The Hall–Kier alpha value is -1.62. The lowest BCUT2D eigenvalue weighted by Gasteiger charge is -2.23. The molecular formula is C20H30N2O2. The number of hydrogen-bond acceptors (Lipinski definition) is 4. The Labute approximate surface area is 146 Å². The lowest BCUT2D eigenvalue weighted by Crippen LogP contribution is -2.20. The summed E-state index contributed by atoms with van der Waals surface area (Å²) in [4.78, 5) is 4.27. The molecule has 4 heteroatoms. The van der Waals surface area contributed by atoms with Crippen molar-refractivity contribution in [3.05, 3.63) is 42.0 Å². The number of nitrogens with zero attached hydrogens (tertiary/aromatic N) is 2.